The normalized spacial score (nSPS) is 20.5. The number of fused-ring (bicyclic) bond motifs is 3. The molecule has 0 fully saturated rings. The molecule has 1 aliphatic carbocycles. The van der Waals surface area contributed by atoms with Crippen molar-refractivity contribution >= 4 is 0 Å². The molecule has 0 amide bonds. The van der Waals surface area contributed by atoms with Crippen LogP contribution >= 0.6 is 0 Å². The minimum atomic E-state index is -0.332. The number of azide groups is 1. The van der Waals surface area contributed by atoms with E-state index in [1.165, 1.54) is 0 Å². The molecule has 0 saturated heterocycles. The Bertz CT molecular complexity index is 644. The average Bonchev–Trinajstić information content (AvgIpc) is 2.43. The number of nitrogens with zero attached hydrogens (tertiary/aromatic N) is 3. The molecule has 0 heterocycles. The fourth-order valence-electron chi connectivity index (χ4n) is 2.59. The SMILES string of the molecule is [N-]=[N+]=N[C@@H]1c2ccccc2-c2ccccc2[C@H]1N. The lowest BCUT2D eigenvalue weighted by molar-refractivity contribution is 0.565. The van der Waals surface area contributed by atoms with E-state index in [2.05, 4.69) is 16.1 Å². The zero-order chi connectivity index (χ0) is 12.5. The Morgan fingerprint density at radius 3 is 2.17 bits per heavy atom. The summed E-state index contributed by atoms with van der Waals surface area (Å²) in [6.07, 6.45) is 0. The van der Waals surface area contributed by atoms with E-state index in [1.54, 1.807) is 0 Å². The van der Waals surface area contributed by atoms with Crippen LogP contribution < -0.4 is 5.73 Å². The van der Waals surface area contributed by atoms with Crippen molar-refractivity contribution in [2.45, 2.75) is 12.1 Å². The molecule has 0 bridgehead atoms. The number of rotatable bonds is 1. The van der Waals surface area contributed by atoms with Gasteiger partial charge in [0.2, 0.25) is 0 Å². The number of hydrogen-bond donors (Lipinski definition) is 1. The zero-order valence-electron chi connectivity index (χ0n) is 9.69. The van der Waals surface area contributed by atoms with Gasteiger partial charge in [-0.3, -0.25) is 0 Å². The molecule has 0 spiro atoms. The second-order valence-corrected chi connectivity index (χ2v) is 4.35. The number of hydrogen-bond acceptors (Lipinski definition) is 2. The van der Waals surface area contributed by atoms with Gasteiger partial charge in [0.05, 0.1) is 6.04 Å². The lowest BCUT2D eigenvalue weighted by atomic mass is 9.80. The summed E-state index contributed by atoms with van der Waals surface area (Å²) in [6, 6.07) is 15.3. The Kier molecular flexibility index (Phi) is 2.52. The van der Waals surface area contributed by atoms with Crippen LogP contribution in [0.3, 0.4) is 0 Å². The van der Waals surface area contributed by atoms with Crippen molar-refractivity contribution in [1.82, 2.24) is 0 Å². The van der Waals surface area contributed by atoms with Crippen molar-refractivity contribution < 1.29 is 0 Å². The highest BCUT2D eigenvalue weighted by Gasteiger charge is 2.29. The third-order valence-corrected chi connectivity index (χ3v) is 3.41. The van der Waals surface area contributed by atoms with Crippen LogP contribution in [-0.2, 0) is 0 Å². The standard InChI is InChI=1S/C14H12N4/c15-13-11-7-3-1-5-9(11)10-6-2-4-8-12(10)14(13)17-18-16/h1-8,13-14H,15H2/t13-,14-/m1/s1. The topological polar surface area (TPSA) is 74.8 Å². The first-order chi connectivity index (χ1) is 8.83. The molecule has 88 valence electrons. The summed E-state index contributed by atoms with van der Waals surface area (Å²) in [5, 5.41) is 3.86. The van der Waals surface area contributed by atoms with Crippen LogP contribution in [0.1, 0.15) is 23.2 Å². The first kappa shape index (κ1) is 10.8. The van der Waals surface area contributed by atoms with Crippen LogP contribution in [-0.4, -0.2) is 0 Å². The summed E-state index contributed by atoms with van der Waals surface area (Å²) in [4.78, 5) is 2.93. The second kappa shape index (κ2) is 4.18. The molecule has 2 aromatic rings. The number of nitrogens with two attached hydrogens (primary N) is 1. The van der Waals surface area contributed by atoms with Crippen molar-refractivity contribution in [2.24, 2.45) is 10.8 Å². The Labute approximate surface area is 105 Å². The first-order valence-electron chi connectivity index (χ1n) is 5.81. The molecule has 0 saturated carbocycles. The molecule has 4 heteroatoms. The van der Waals surface area contributed by atoms with Gasteiger partial charge < -0.3 is 5.73 Å². The van der Waals surface area contributed by atoms with Gasteiger partial charge in [-0.25, -0.2) is 0 Å². The summed E-state index contributed by atoms with van der Waals surface area (Å²) < 4.78 is 0. The van der Waals surface area contributed by atoms with Crippen LogP contribution in [0, 0.1) is 0 Å². The molecule has 18 heavy (non-hydrogen) atoms. The van der Waals surface area contributed by atoms with E-state index in [0.29, 0.717) is 0 Å². The molecule has 2 N–H and O–H groups in total. The molecule has 4 nitrogen and oxygen atoms in total. The van der Waals surface area contributed by atoms with Crippen LogP contribution in [0.15, 0.2) is 53.6 Å². The summed E-state index contributed by atoms with van der Waals surface area (Å²) in [5.41, 5.74) is 19.2. The molecule has 0 radical (unpaired) electrons. The minimum absolute atomic E-state index is 0.285. The largest absolute Gasteiger partial charge is 0.323 e. The molecule has 0 unspecified atom stereocenters. The molecule has 0 aliphatic heterocycles. The third-order valence-electron chi connectivity index (χ3n) is 3.41. The van der Waals surface area contributed by atoms with Gasteiger partial charge in [0.1, 0.15) is 0 Å². The van der Waals surface area contributed by atoms with Crippen LogP contribution in [0.2, 0.25) is 0 Å². The Morgan fingerprint density at radius 1 is 0.944 bits per heavy atom. The molecule has 0 aromatic heterocycles. The Hall–Kier alpha value is -2.29. The van der Waals surface area contributed by atoms with E-state index < -0.39 is 0 Å². The molecule has 2 atom stereocenters. The highest BCUT2D eigenvalue weighted by atomic mass is 15.2. The fraction of sp³-hybridized carbons (Fsp3) is 0.143. The zero-order valence-corrected chi connectivity index (χ0v) is 9.69. The van der Waals surface area contributed by atoms with E-state index in [4.69, 9.17) is 11.3 Å². The molecule has 1 aliphatic rings. The van der Waals surface area contributed by atoms with Gasteiger partial charge in [0.15, 0.2) is 0 Å². The maximum atomic E-state index is 8.71. The quantitative estimate of drug-likeness (QED) is 0.457. The molecular weight excluding hydrogens is 224 g/mol. The Balaban J connectivity index is 2.31. The Morgan fingerprint density at radius 2 is 1.50 bits per heavy atom. The average molecular weight is 236 g/mol. The van der Waals surface area contributed by atoms with E-state index in [9.17, 15) is 0 Å². The van der Waals surface area contributed by atoms with E-state index >= 15 is 0 Å². The van der Waals surface area contributed by atoms with E-state index in [0.717, 1.165) is 22.3 Å². The van der Waals surface area contributed by atoms with Gasteiger partial charge in [0.25, 0.3) is 0 Å². The fourth-order valence-corrected chi connectivity index (χ4v) is 2.59. The summed E-state index contributed by atoms with van der Waals surface area (Å²) in [7, 11) is 0. The summed E-state index contributed by atoms with van der Waals surface area (Å²) in [6.45, 7) is 0. The number of benzene rings is 2. The van der Waals surface area contributed by atoms with Gasteiger partial charge in [-0.1, -0.05) is 53.6 Å². The maximum absolute atomic E-state index is 8.71. The van der Waals surface area contributed by atoms with E-state index in [-0.39, 0.29) is 12.1 Å². The molecular formula is C14H12N4. The maximum Gasteiger partial charge on any atom is 0.0824 e. The van der Waals surface area contributed by atoms with Crippen molar-refractivity contribution in [1.29, 1.82) is 0 Å². The highest BCUT2D eigenvalue weighted by Crippen LogP contribution is 2.44. The lowest BCUT2D eigenvalue weighted by Gasteiger charge is -2.30. The van der Waals surface area contributed by atoms with Gasteiger partial charge in [-0.15, -0.1) is 0 Å². The van der Waals surface area contributed by atoms with Gasteiger partial charge in [-0.05, 0) is 27.8 Å². The van der Waals surface area contributed by atoms with Crippen molar-refractivity contribution in [3.63, 3.8) is 0 Å². The lowest BCUT2D eigenvalue weighted by Crippen LogP contribution is -2.23. The van der Waals surface area contributed by atoms with Gasteiger partial charge in [-0.2, -0.15) is 0 Å². The van der Waals surface area contributed by atoms with Crippen LogP contribution in [0.5, 0.6) is 0 Å². The van der Waals surface area contributed by atoms with Crippen LogP contribution in [0.25, 0.3) is 21.6 Å². The monoisotopic (exact) mass is 236 g/mol. The van der Waals surface area contributed by atoms with Crippen molar-refractivity contribution in [3.8, 4) is 11.1 Å². The predicted octanol–water partition coefficient (Wildman–Crippen LogP) is 3.72. The van der Waals surface area contributed by atoms with E-state index in [1.807, 2.05) is 42.5 Å². The smallest absolute Gasteiger partial charge is 0.0824 e. The van der Waals surface area contributed by atoms with Crippen molar-refractivity contribution in [3.05, 3.63) is 70.1 Å². The predicted molar refractivity (Wildman–Crippen MR) is 70.7 cm³/mol. The summed E-state index contributed by atoms with van der Waals surface area (Å²) in [5.74, 6) is 0. The first-order valence-corrected chi connectivity index (χ1v) is 5.81. The highest BCUT2D eigenvalue weighted by molar-refractivity contribution is 5.74. The summed E-state index contributed by atoms with van der Waals surface area (Å²) >= 11 is 0. The van der Waals surface area contributed by atoms with Gasteiger partial charge in [0, 0.05) is 11.0 Å². The second-order valence-electron chi connectivity index (χ2n) is 4.35. The van der Waals surface area contributed by atoms with Crippen molar-refractivity contribution in [2.75, 3.05) is 0 Å². The molecule has 3 rings (SSSR count). The van der Waals surface area contributed by atoms with Gasteiger partial charge >= 0.3 is 0 Å². The minimum Gasteiger partial charge on any atom is -0.323 e. The molecule has 2 aromatic carbocycles. The van der Waals surface area contributed by atoms with Crippen LogP contribution in [0.4, 0.5) is 0 Å². The third kappa shape index (κ3) is 1.48.